The molecular weight excluding hydrogens is 444 g/mol. The maximum absolute atomic E-state index is 10.6. The Kier molecular flexibility index (Phi) is 10.3. The highest BCUT2D eigenvalue weighted by atomic mass is 32.2. The monoisotopic (exact) mass is 480 g/mol. The molecule has 4 atom stereocenters. The first-order valence-electron chi connectivity index (χ1n) is 11.4. The smallest absolute Gasteiger partial charge is 0.167 e. The van der Waals surface area contributed by atoms with E-state index in [2.05, 4.69) is 20.3 Å². The van der Waals surface area contributed by atoms with Crippen LogP contribution >= 0.6 is 11.8 Å². The third kappa shape index (κ3) is 6.85. The molecule has 1 aliphatic rings. The van der Waals surface area contributed by atoms with E-state index >= 15 is 0 Å². The molecule has 0 radical (unpaired) electrons. The molecule has 3 heterocycles. The molecule has 1 fully saturated rings. The minimum absolute atomic E-state index is 0.252. The maximum atomic E-state index is 10.6. The van der Waals surface area contributed by atoms with Gasteiger partial charge >= 0.3 is 0 Å². The molecule has 0 amide bonds. The van der Waals surface area contributed by atoms with E-state index in [4.69, 9.17) is 21.9 Å². The van der Waals surface area contributed by atoms with Gasteiger partial charge < -0.3 is 37.5 Å². The summed E-state index contributed by atoms with van der Waals surface area (Å²) >= 11 is 1.61. The van der Waals surface area contributed by atoms with Crippen molar-refractivity contribution in [2.24, 2.45) is 11.5 Å². The number of unbranched alkanes of at least 4 members (excludes halogenated alkanes) is 2. The Morgan fingerprint density at radius 3 is 2.73 bits per heavy atom. The van der Waals surface area contributed by atoms with Crippen molar-refractivity contribution in [1.29, 1.82) is 0 Å². The van der Waals surface area contributed by atoms with Gasteiger partial charge in [0.1, 0.15) is 24.1 Å². The summed E-state index contributed by atoms with van der Waals surface area (Å²) in [6, 6.07) is 0. The number of nitrogens with one attached hydrogen (secondary N) is 1. The fraction of sp³-hybridized carbons (Fsp3) is 0.667. The lowest BCUT2D eigenvalue weighted by Gasteiger charge is -2.16. The molecule has 0 saturated carbocycles. The Balaban J connectivity index is 1.49. The average Bonchev–Trinajstić information content (AvgIpc) is 3.36. The number of fused-ring (bicyclic) bond motifs is 1. The van der Waals surface area contributed by atoms with Crippen molar-refractivity contribution < 1.29 is 14.9 Å². The van der Waals surface area contributed by atoms with Gasteiger partial charge in [0.25, 0.3) is 0 Å². The Labute approximate surface area is 198 Å². The molecule has 3 rings (SSSR count). The zero-order valence-electron chi connectivity index (χ0n) is 18.8. The number of imidazole rings is 1. The van der Waals surface area contributed by atoms with Gasteiger partial charge in [-0.15, -0.1) is 11.8 Å². The second kappa shape index (κ2) is 13.2. The maximum Gasteiger partial charge on any atom is 0.167 e. The average molecular weight is 481 g/mol. The molecule has 11 nitrogen and oxygen atoms in total. The summed E-state index contributed by atoms with van der Waals surface area (Å²) in [5.41, 5.74) is 18.0. The lowest BCUT2D eigenvalue weighted by molar-refractivity contribution is -0.0288. The minimum atomic E-state index is -1.11. The SMILES string of the molecule is NCC=C(CCCCCNCCCN)SC[C@H]1O[C@@H](n2cnc3c(N)ncnc32)[C@H](O)[C@@H]1O. The van der Waals surface area contributed by atoms with Crippen LogP contribution in [0.5, 0.6) is 0 Å². The largest absolute Gasteiger partial charge is 0.387 e. The summed E-state index contributed by atoms with van der Waals surface area (Å²) in [4.78, 5) is 13.5. The van der Waals surface area contributed by atoms with Crippen LogP contribution in [-0.4, -0.2) is 80.0 Å². The van der Waals surface area contributed by atoms with Crippen LogP contribution in [0.25, 0.3) is 11.2 Å². The fourth-order valence-corrected chi connectivity index (χ4v) is 4.94. The number of anilines is 1. The molecule has 33 heavy (non-hydrogen) atoms. The number of aromatic nitrogens is 4. The van der Waals surface area contributed by atoms with Gasteiger partial charge in [0.05, 0.1) is 12.4 Å². The van der Waals surface area contributed by atoms with E-state index in [9.17, 15) is 10.2 Å². The number of aliphatic hydroxyl groups is 2. The first-order valence-corrected chi connectivity index (χ1v) is 12.4. The molecule has 184 valence electrons. The number of ether oxygens (including phenoxy) is 1. The zero-order chi connectivity index (χ0) is 23.6. The quantitative estimate of drug-likeness (QED) is 0.202. The summed E-state index contributed by atoms with van der Waals surface area (Å²) < 4.78 is 7.61. The second-order valence-electron chi connectivity index (χ2n) is 8.05. The molecule has 1 aliphatic heterocycles. The van der Waals surface area contributed by atoms with Crippen molar-refractivity contribution in [2.45, 2.75) is 56.6 Å². The van der Waals surface area contributed by atoms with Crippen LogP contribution in [-0.2, 0) is 4.74 Å². The van der Waals surface area contributed by atoms with Crippen molar-refractivity contribution in [3.8, 4) is 0 Å². The van der Waals surface area contributed by atoms with Crippen LogP contribution < -0.4 is 22.5 Å². The van der Waals surface area contributed by atoms with Crippen LogP contribution in [0.1, 0.15) is 38.3 Å². The number of nitrogens with zero attached hydrogens (tertiary/aromatic N) is 4. The first-order chi connectivity index (χ1) is 16.1. The second-order valence-corrected chi connectivity index (χ2v) is 9.20. The van der Waals surface area contributed by atoms with E-state index in [0.717, 1.165) is 51.7 Å². The predicted octanol–water partition coefficient (Wildman–Crippen LogP) is 0.102. The number of rotatable bonds is 14. The summed E-state index contributed by atoms with van der Waals surface area (Å²) in [5, 5.41) is 24.6. The molecule has 9 N–H and O–H groups in total. The number of thioether (sulfide) groups is 1. The van der Waals surface area contributed by atoms with Crippen LogP contribution in [0.15, 0.2) is 23.6 Å². The van der Waals surface area contributed by atoms with Crippen LogP contribution in [0.4, 0.5) is 5.82 Å². The van der Waals surface area contributed by atoms with Gasteiger partial charge in [0.2, 0.25) is 0 Å². The van der Waals surface area contributed by atoms with Crippen molar-refractivity contribution in [2.75, 3.05) is 37.7 Å². The van der Waals surface area contributed by atoms with E-state index in [0.29, 0.717) is 23.5 Å². The molecule has 1 saturated heterocycles. The molecule has 0 unspecified atom stereocenters. The van der Waals surface area contributed by atoms with E-state index in [1.165, 1.54) is 17.6 Å². The lowest BCUT2D eigenvalue weighted by Crippen LogP contribution is -2.32. The highest BCUT2D eigenvalue weighted by Gasteiger charge is 2.44. The van der Waals surface area contributed by atoms with Gasteiger partial charge in [-0.3, -0.25) is 4.57 Å². The molecule has 2 aromatic heterocycles. The van der Waals surface area contributed by atoms with Gasteiger partial charge in [-0.2, -0.15) is 0 Å². The third-order valence-electron chi connectivity index (χ3n) is 5.61. The third-order valence-corrected chi connectivity index (χ3v) is 6.85. The number of aliphatic hydroxyl groups excluding tert-OH is 2. The fourth-order valence-electron chi connectivity index (χ4n) is 3.78. The van der Waals surface area contributed by atoms with Gasteiger partial charge in [-0.1, -0.05) is 12.5 Å². The van der Waals surface area contributed by atoms with Crippen LogP contribution in [0.2, 0.25) is 0 Å². The zero-order valence-corrected chi connectivity index (χ0v) is 19.7. The number of nitrogen functional groups attached to an aromatic ring is 1. The highest BCUT2D eigenvalue weighted by Crippen LogP contribution is 2.35. The van der Waals surface area contributed by atoms with E-state index in [-0.39, 0.29) is 5.82 Å². The number of nitrogens with two attached hydrogens (primary N) is 3. The van der Waals surface area contributed by atoms with Crippen LogP contribution in [0, 0.1) is 0 Å². The molecule has 2 aromatic rings. The van der Waals surface area contributed by atoms with Crippen molar-refractivity contribution in [3.05, 3.63) is 23.6 Å². The van der Waals surface area contributed by atoms with Gasteiger partial charge in [0, 0.05) is 12.3 Å². The summed E-state index contributed by atoms with van der Waals surface area (Å²) in [6.45, 7) is 3.15. The Morgan fingerprint density at radius 2 is 1.94 bits per heavy atom. The molecule has 12 heteroatoms. The molecule has 0 spiro atoms. The molecular formula is C21H36N8O3S. The van der Waals surface area contributed by atoms with Crippen LogP contribution in [0.3, 0.4) is 0 Å². The van der Waals surface area contributed by atoms with E-state index in [1.54, 1.807) is 16.3 Å². The van der Waals surface area contributed by atoms with Crippen molar-refractivity contribution in [3.63, 3.8) is 0 Å². The Bertz CT molecular complexity index is 896. The summed E-state index contributed by atoms with van der Waals surface area (Å²) in [5.74, 6) is 0.757. The van der Waals surface area contributed by atoms with Gasteiger partial charge in [0.15, 0.2) is 17.7 Å². The van der Waals surface area contributed by atoms with Crippen molar-refractivity contribution in [1.82, 2.24) is 24.8 Å². The number of allylic oxidation sites excluding steroid dienone is 1. The molecule has 0 bridgehead atoms. The van der Waals surface area contributed by atoms with Gasteiger partial charge in [-0.05, 0) is 50.2 Å². The van der Waals surface area contributed by atoms with Crippen molar-refractivity contribution >= 4 is 28.7 Å². The first kappa shape index (κ1) is 25.8. The molecule has 0 aromatic carbocycles. The topological polar surface area (TPSA) is 183 Å². The highest BCUT2D eigenvalue weighted by molar-refractivity contribution is 8.03. The van der Waals surface area contributed by atoms with E-state index < -0.39 is 24.5 Å². The predicted molar refractivity (Wildman–Crippen MR) is 130 cm³/mol. The minimum Gasteiger partial charge on any atom is -0.387 e. The summed E-state index contributed by atoms with van der Waals surface area (Å²) in [6.07, 6.45) is 6.61. The Morgan fingerprint density at radius 1 is 1.12 bits per heavy atom. The lowest BCUT2D eigenvalue weighted by atomic mass is 10.1. The molecule has 0 aliphatic carbocycles. The van der Waals surface area contributed by atoms with E-state index in [1.807, 2.05) is 6.08 Å². The van der Waals surface area contributed by atoms with Gasteiger partial charge in [-0.25, -0.2) is 15.0 Å². The number of hydrogen-bond donors (Lipinski definition) is 6. The standard InChI is InChI=1S/C21H36N8O3S/c22-7-4-10-25-9-3-1-2-5-14(6-8-23)33-11-15-17(30)18(31)21(32-15)29-13-28-16-19(24)26-12-27-20(16)29/h6,12-13,15,17-18,21,25,30-31H,1-5,7-11,22-23H2,(H2,24,26,27)/t15-,17-,18-,21-/m1/s1. The summed E-state index contributed by atoms with van der Waals surface area (Å²) in [7, 11) is 0. The normalized spacial score (nSPS) is 23.6. The Hall–Kier alpha value is -1.80. The number of hydrogen-bond acceptors (Lipinski definition) is 11.